The Labute approximate surface area is 117 Å². The van der Waals surface area contributed by atoms with Gasteiger partial charge < -0.3 is 5.32 Å². The van der Waals surface area contributed by atoms with E-state index in [0.29, 0.717) is 25.1 Å². The van der Waals surface area contributed by atoms with E-state index in [4.69, 9.17) is 0 Å². The summed E-state index contributed by atoms with van der Waals surface area (Å²) in [5.74, 6) is 0. The van der Waals surface area contributed by atoms with Crippen LogP contribution in [-0.2, 0) is 13.0 Å². The van der Waals surface area contributed by atoms with Gasteiger partial charge in [-0.3, -0.25) is 14.3 Å². The molecule has 0 aliphatic heterocycles. The van der Waals surface area contributed by atoms with Crippen LogP contribution in [0, 0.1) is 6.92 Å². The number of H-pyrrole nitrogens is 1. The number of nitrogens with one attached hydrogen (secondary N) is 2. The van der Waals surface area contributed by atoms with Gasteiger partial charge in [-0.15, -0.1) is 0 Å². The zero-order valence-corrected chi connectivity index (χ0v) is 11.8. The molecular weight excluding hydrogens is 254 g/mol. The quantitative estimate of drug-likeness (QED) is 0.868. The summed E-state index contributed by atoms with van der Waals surface area (Å²) in [5, 5.41) is 3.26. The smallest absolute Gasteiger partial charge is 0.328 e. The van der Waals surface area contributed by atoms with Crippen LogP contribution in [-0.4, -0.2) is 16.1 Å². The Balaban J connectivity index is 2.04. The maximum Gasteiger partial charge on any atom is 0.328 e. The number of aryl methyl sites for hydroxylation is 2. The lowest BCUT2D eigenvalue weighted by Crippen LogP contribution is -2.33. The highest BCUT2D eigenvalue weighted by Crippen LogP contribution is 2.08. The molecule has 0 unspecified atom stereocenters. The zero-order valence-electron chi connectivity index (χ0n) is 11.8. The lowest BCUT2D eigenvalue weighted by molar-refractivity contribution is 0.660. The van der Waals surface area contributed by atoms with Crippen molar-refractivity contribution >= 4 is 5.69 Å². The van der Waals surface area contributed by atoms with E-state index in [2.05, 4.69) is 10.3 Å². The third-order valence-electron chi connectivity index (χ3n) is 3.17. The van der Waals surface area contributed by atoms with Gasteiger partial charge in [-0.05, 0) is 31.0 Å². The fourth-order valence-corrected chi connectivity index (χ4v) is 2.05. The topological polar surface area (TPSA) is 66.9 Å². The van der Waals surface area contributed by atoms with Crippen molar-refractivity contribution < 1.29 is 0 Å². The predicted molar refractivity (Wildman–Crippen MR) is 80.4 cm³/mol. The second-order valence-corrected chi connectivity index (χ2v) is 4.76. The summed E-state index contributed by atoms with van der Waals surface area (Å²) in [6.07, 6.45) is 2.25. The van der Waals surface area contributed by atoms with E-state index < -0.39 is 0 Å². The van der Waals surface area contributed by atoms with E-state index in [0.717, 1.165) is 5.69 Å². The van der Waals surface area contributed by atoms with Gasteiger partial charge in [0.25, 0.3) is 5.56 Å². The van der Waals surface area contributed by atoms with E-state index in [1.165, 1.54) is 10.1 Å². The van der Waals surface area contributed by atoms with Gasteiger partial charge in [0.15, 0.2) is 0 Å². The van der Waals surface area contributed by atoms with Crippen molar-refractivity contribution in [1.82, 2.24) is 9.55 Å². The van der Waals surface area contributed by atoms with Gasteiger partial charge in [0.05, 0.1) is 0 Å². The van der Waals surface area contributed by atoms with Crippen LogP contribution < -0.4 is 16.6 Å². The van der Waals surface area contributed by atoms with E-state index in [1.807, 2.05) is 38.1 Å². The molecule has 0 atom stereocenters. The fraction of sp³-hybridized carbons (Fsp3) is 0.333. The summed E-state index contributed by atoms with van der Waals surface area (Å²) in [5.41, 5.74) is 2.18. The minimum Gasteiger partial charge on any atom is -0.383 e. The molecule has 1 aromatic heterocycles. The maximum absolute atomic E-state index is 11.7. The number of rotatable bonds is 5. The average Bonchev–Trinajstić information content (AvgIpc) is 2.41. The largest absolute Gasteiger partial charge is 0.383 e. The van der Waals surface area contributed by atoms with Gasteiger partial charge in [0, 0.05) is 30.5 Å². The number of hydrogen-bond donors (Lipinski definition) is 2. The average molecular weight is 273 g/mol. The second kappa shape index (κ2) is 6.23. The van der Waals surface area contributed by atoms with Gasteiger partial charge >= 0.3 is 5.69 Å². The minimum absolute atomic E-state index is 0.291. The van der Waals surface area contributed by atoms with Crippen molar-refractivity contribution in [2.24, 2.45) is 0 Å². The van der Waals surface area contributed by atoms with Crippen LogP contribution in [0.5, 0.6) is 0 Å². The molecule has 2 rings (SSSR count). The molecule has 5 heteroatoms. The molecule has 0 bridgehead atoms. The van der Waals surface area contributed by atoms with Crippen LogP contribution in [0.3, 0.4) is 0 Å². The first-order valence-corrected chi connectivity index (χ1v) is 6.73. The van der Waals surface area contributed by atoms with Gasteiger partial charge in [-0.25, -0.2) is 4.79 Å². The monoisotopic (exact) mass is 273 g/mol. The van der Waals surface area contributed by atoms with Gasteiger partial charge in [0.1, 0.15) is 0 Å². The van der Waals surface area contributed by atoms with Crippen LogP contribution in [0.2, 0.25) is 0 Å². The first kappa shape index (κ1) is 14.1. The van der Waals surface area contributed by atoms with Crippen molar-refractivity contribution in [3.05, 3.63) is 62.4 Å². The molecule has 106 valence electrons. The molecule has 0 aliphatic rings. The lowest BCUT2D eigenvalue weighted by atomic mass is 10.2. The zero-order chi connectivity index (χ0) is 14.5. The highest BCUT2D eigenvalue weighted by molar-refractivity contribution is 5.45. The van der Waals surface area contributed by atoms with Gasteiger partial charge in [0.2, 0.25) is 0 Å². The third-order valence-corrected chi connectivity index (χ3v) is 3.17. The van der Waals surface area contributed by atoms with Crippen molar-refractivity contribution in [2.75, 3.05) is 11.9 Å². The highest BCUT2D eigenvalue weighted by Gasteiger charge is 2.02. The number of aromatic amines is 1. The summed E-state index contributed by atoms with van der Waals surface area (Å²) < 4.78 is 1.53. The van der Waals surface area contributed by atoms with Gasteiger partial charge in [-0.1, -0.05) is 19.1 Å². The summed E-state index contributed by atoms with van der Waals surface area (Å²) >= 11 is 0. The molecule has 0 aliphatic carbocycles. The number of anilines is 1. The fourth-order valence-electron chi connectivity index (χ4n) is 2.05. The van der Waals surface area contributed by atoms with Crippen LogP contribution in [0.4, 0.5) is 5.69 Å². The predicted octanol–water partition coefficient (Wildman–Crippen LogP) is 1.52. The van der Waals surface area contributed by atoms with Crippen LogP contribution >= 0.6 is 0 Å². The number of nitrogens with zero attached hydrogens (tertiary/aromatic N) is 1. The number of benzene rings is 1. The highest BCUT2D eigenvalue weighted by atomic mass is 16.2. The lowest BCUT2D eigenvalue weighted by Gasteiger charge is -2.09. The Hall–Kier alpha value is -2.30. The second-order valence-electron chi connectivity index (χ2n) is 4.76. The Morgan fingerprint density at radius 2 is 2.10 bits per heavy atom. The summed E-state index contributed by atoms with van der Waals surface area (Å²) in [6.45, 7) is 5.06. The molecule has 20 heavy (non-hydrogen) atoms. The molecule has 0 saturated carbocycles. The molecule has 2 aromatic rings. The molecular formula is C15H19N3O2. The molecule has 5 nitrogen and oxygen atoms in total. The summed E-state index contributed by atoms with van der Waals surface area (Å²) in [7, 11) is 0. The molecule has 0 amide bonds. The Kier molecular flexibility index (Phi) is 4.40. The van der Waals surface area contributed by atoms with Crippen LogP contribution in [0.1, 0.15) is 18.1 Å². The first-order chi connectivity index (χ1) is 9.60. The number of aromatic nitrogens is 2. The molecule has 1 heterocycles. The van der Waals surface area contributed by atoms with Gasteiger partial charge in [-0.2, -0.15) is 0 Å². The molecule has 1 aromatic carbocycles. The van der Waals surface area contributed by atoms with Crippen molar-refractivity contribution in [2.45, 2.75) is 26.8 Å². The van der Waals surface area contributed by atoms with Crippen molar-refractivity contribution in [3.63, 3.8) is 0 Å². The molecule has 0 radical (unpaired) electrons. The molecule has 2 N–H and O–H groups in total. The SMILES string of the molecule is CCc1cn(CCNc2cccc(C)c2)c(=O)[nH]c1=O. The van der Waals surface area contributed by atoms with E-state index in [1.54, 1.807) is 6.20 Å². The van der Waals surface area contributed by atoms with Crippen LogP contribution in [0.15, 0.2) is 40.1 Å². The standard InChI is InChI=1S/C15H19N3O2/c1-3-12-10-18(15(20)17-14(12)19)8-7-16-13-6-4-5-11(2)9-13/h4-6,9-10,16H,3,7-8H2,1-2H3,(H,17,19,20). The van der Waals surface area contributed by atoms with E-state index in [-0.39, 0.29) is 11.2 Å². The molecule has 0 saturated heterocycles. The van der Waals surface area contributed by atoms with E-state index in [9.17, 15) is 9.59 Å². The number of hydrogen-bond acceptors (Lipinski definition) is 3. The maximum atomic E-state index is 11.7. The minimum atomic E-state index is -0.363. The summed E-state index contributed by atoms with van der Waals surface area (Å²) in [6, 6.07) is 8.05. The van der Waals surface area contributed by atoms with E-state index >= 15 is 0 Å². The molecule has 0 spiro atoms. The normalized spacial score (nSPS) is 10.5. The van der Waals surface area contributed by atoms with Crippen molar-refractivity contribution in [1.29, 1.82) is 0 Å². The third kappa shape index (κ3) is 3.38. The molecule has 0 fully saturated rings. The Bertz CT molecular complexity index is 701. The first-order valence-electron chi connectivity index (χ1n) is 6.73. The van der Waals surface area contributed by atoms with Crippen molar-refractivity contribution in [3.8, 4) is 0 Å². The Morgan fingerprint density at radius 3 is 2.80 bits per heavy atom. The van der Waals surface area contributed by atoms with Crippen LogP contribution in [0.25, 0.3) is 0 Å². The summed E-state index contributed by atoms with van der Waals surface area (Å²) in [4.78, 5) is 25.5. The Morgan fingerprint density at radius 1 is 1.30 bits per heavy atom.